The monoisotopic (exact) mass is 359 g/mol. The molecule has 2 aliphatic rings. The Labute approximate surface area is 147 Å². The van der Waals surface area contributed by atoms with Crippen molar-refractivity contribution >= 4 is 29.7 Å². The summed E-state index contributed by atoms with van der Waals surface area (Å²) in [5.74, 6) is 0.805. The Morgan fingerprint density at radius 2 is 2.04 bits per heavy atom. The molecule has 2 fully saturated rings. The molecule has 1 N–H and O–H groups in total. The van der Waals surface area contributed by atoms with Gasteiger partial charge in [0.05, 0.1) is 4.92 Å². The number of nitrogens with zero attached hydrogens (tertiary/aromatic N) is 2. The summed E-state index contributed by atoms with van der Waals surface area (Å²) in [7, 11) is 0. The van der Waals surface area contributed by atoms with Gasteiger partial charge in [0.15, 0.2) is 0 Å². The number of nitro benzene ring substituents is 1. The quantitative estimate of drug-likeness (QED) is 0.658. The number of piperidine rings is 1. The van der Waals surface area contributed by atoms with Gasteiger partial charge in [0.25, 0.3) is 5.69 Å². The standard InChI is InChI=1S/C16H22ClN3O2.ClH/c17-14-10-12(3-4-16(14)20(21)22)11-19-8-5-13(6-9-19)15-2-1-7-18-15;/h3-4,10,13,15,18H,1-2,5-9,11H2;1H. The lowest BCUT2D eigenvalue weighted by Crippen LogP contribution is -2.40. The SMILES string of the molecule is Cl.O=[N+]([O-])c1ccc(CN2CCC(C3CCCN3)CC2)cc1Cl. The maximum atomic E-state index is 10.8. The van der Waals surface area contributed by atoms with Gasteiger partial charge in [0.2, 0.25) is 0 Å². The van der Waals surface area contributed by atoms with Crippen LogP contribution in [0.2, 0.25) is 5.02 Å². The van der Waals surface area contributed by atoms with E-state index in [0.29, 0.717) is 0 Å². The van der Waals surface area contributed by atoms with Crippen LogP contribution in [-0.4, -0.2) is 35.5 Å². The average Bonchev–Trinajstić information content (AvgIpc) is 3.02. The van der Waals surface area contributed by atoms with E-state index in [1.54, 1.807) is 6.07 Å². The molecule has 5 nitrogen and oxygen atoms in total. The highest BCUT2D eigenvalue weighted by Gasteiger charge is 2.28. The largest absolute Gasteiger partial charge is 0.314 e. The third kappa shape index (κ3) is 4.57. The lowest BCUT2D eigenvalue weighted by Gasteiger charge is -2.34. The summed E-state index contributed by atoms with van der Waals surface area (Å²) in [4.78, 5) is 12.8. The first-order valence-corrected chi connectivity index (χ1v) is 8.40. The Kier molecular flexibility index (Phi) is 6.65. The molecule has 0 radical (unpaired) electrons. The van der Waals surface area contributed by atoms with Gasteiger partial charge in [-0.3, -0.25) is 15.0 Å². The summed E-state index contributed by atoms with van der Waals surface area (Å²) in [5, 5.41) is 14.6. The predicted octanol–water partition coefficient (Wildman–Crippen LogP) is 3.63. The van der Waals surface area contributed by atoms with Crippen molar-refractivity contribution in [1.29, 1.82) is 0 Å². The number of halogens is 2. The van der Waals surface area contributed by atoms with Crippen LogP contribution in [0.5, 0.6) is 0 Å². The van der Waals surface area contributed by atoms with Gasteiger partial charge in [-0.15, -0.1) is 12.4 Å². The Balaban J connectivity index is 0.00000192. The van der Waals surface area contributed by atoms with Crippen LogP contribution in [0.1, 0.15) is 31.2 Å². The van der Waals surface area contributed by atoms with Gasteiger partial charge < -0.3 is 5.32 Å². The minimum absolute atomic E-state index is 0. The summed E-state index contributed by atoms with van der Waals surface area (Å²) >= 11 is 5.98. The van der Waals surface area contributed by atoms with Crippen LogP contribution in [0, 0.1) is 16.0 Å². The van der Waals surface area contributed by atoms with Crippen LogP contribution in [0.15, 0.2) is 18.2 Å². The van der Waals surface area contributed by atoms with Crippen LogP contribution in [0.25, 0.3) is 0 Å². The second kappa shape index (κ2) is 8.29. The van der Waals surface area contributed by atoms with E-state index in [2.05, 4.69) is 10.2 Å². The first kappa shape index (κ1) is 18.5. The molecule has 0 aliphatic carbocycles. The molecule has 128 valence electrons. The Morgan fingerprint density at radius 1 is 1.30 bits per heavy atom. The van der Waals surface area contributed by atoms with E-state index in [0.717, 1.165) is 37.2 Å². The molecular weight excluding hydrogens is 337 g/mol. The molecule has 0 bridgehead atoms. The minimum Gasteiger partial charge on any atom is -0.314 e. The van der Waals surface area contributed by atoms with Crippen molar-refractivity contribution in [2.45, 2.75) is 38.3 Å². The maximum absolute atomic E-state index is 10.8. The molecule has 23 heavy (non-hydrogen) atoms. The molecule has 2 aliphatic heterocycles. The van der Waals surface area contributed by atoms with Crippen molar-refractivity contribution in [3.8, 4) is 0 Å². The third-order valence-corrected chi connectivity index (χ3v) is 5.22. The molecule has 1 aromatic rings. The number of hydrogen-bond acceptors (Lipinski definition) is 4. The van der Waals surface area contributed by atoms with E-state index in [1.165, 1.54) is 38.3 Å². The van der Waals surface area contributed by atoms with Crippen molar-refractivity contribution in [2.24, 2.45) is 5.92 Å². The van der Waals surface area contributed by atoms with Crippen LogP contribution < -0.4 is 5.32 Å². The van der Waals surface area contributed by atoms with Crippen molar-refractivity contribution in [1.82, 2.24) is 10.2 Å². The van der Waals surface area contributed by atoms with Gasteiger partial charge in [0.1, 0.15) is 5.02 Å². The van der Waals surface area contributed by atoms with Gasteiger partial charge >= 0.3 is 0 Å². The fourth-order valence-electron chi connectivity index (χ4n) is 3.68. The van der Waals surface area contributed by atoms with E-state index in [9.17, 15) is 10.1 Å². The topological polar surface area (TPSA) is 58.4 Å². The van der Waals surface area contributed by atoms with E-state index in [4.69, 9.17) is 11.6 Å². The Bertz CT molecular complexity index is 542. The summed E-state index contributed by atoms with van der Waals surface area (Å²) < 4.78 is 0. The molecule has 7 heteroatoms. The second-order valence-electron chi connectivity index (χ2n) is 6.36. The number of hydrogen-bond donors (Lipinski definition) is 1. The zero-order chi connectivity index (χ0) is 15.5. The van der Waals surface area contributed by atoms with Gasteiger partial charge in [-0.25, -0.2) is 0 Å². The van der Waals surface area contributed by atoms with Gasteiger partial charge in [-0.2, -0.15) is 0 Å². The normalized spacial score (nSPS) is 22.7. The summed E-state index contributed by atoms with van der Waals surface area (Å²) in [5.41, 5.74) is 1.03. The molecule has 0 spiro atoms. The molecule has 0 amide bonds. The Hall–Kier alpha value is -0.880. The third-order valence-electron chi connectivity index (χ3n) is 4.91. The van der Waals surface area contributed by atoms with Crippen LogP contribution in [0.4, 0.5) is 5.69 Å². The summed E-state index contributed by atoms with van der Waals surface area (Å²) in [6.07, 6.45) is 5.10. The Morgan fingerprint density at radius 3 is 2.61 bits per heavy atom. The molecule has 0 saturated carbocycles. The fraction of sp³-hybridized carbons (Fsp3) is 0.625. The highest BCUT2D eigenvalue weighted by Crippen LogP contribution is 2.28. The molecular formula is C16H23Cl2N3O2. The predicted molar refractivity (Wildman–Crippen MR) is 94.4 cm³/mol. The number of nitro groups is 1. The molecule has 1 unspecified atom stereocenters. The average molecular weight is 360 g/mol. The minimum atomic E-state index is -0.438. The van der Waals surface area contributed by atoms with Crippen LogP contribution in [0.3, 0.4) is 0 Å². The number of benzene rings is 1. The highest BCUT2D eigenvalue weighted by atomic mass is 35.5. The van der Waals surface area contributed by atoms with Crippen molar-refractivity contribution in [2.75, 3.05) is 19.6 Å². The molecule has 1 atom stereocenters. The first-order valence-electron chi connectivity index (χ1n) is 8.02. The van der Waals surface area contributed by atoms with Crippen molar-refractivity contribution < 1.29 is 4.92 Å². The van der Waals surface area contributed by atoms with Gasteiger partial charge in [0, 0.05) is 18.7 Å². The zero-order valence-electron chi connectivity index (χ0n) is 13.0. The number of likely N-dealkylation sites (tertiary alicyclic amines) is 1. The lowest BCUT2D eigenvalue weighted by molar-refractivity contribution is -0.384. The van der Waals surface area contributed by atoms with Crippen LogP contribution in [-0.2, 0) is 6.54 Å². The van der Waals surface area contributed by atoms with Gasteiger partial charge in [-0.05, 0) is 62.9 Å². The molecule has 1 aromatic carbocycles. The highest BCUT2D eigenvalue weighted by molar-refractivity contribution is 6.32. The summed E-state index contributed by atoms with van der Waals surface area (Å²) in [6, 6.07) is 5.77. The molecule has 3 rings (SSSR count). The van der Waals surface area contributed by atoms with E-state index in [-0.39, 0.29) is 23.1 Å². The lowest BCUT2D eigenvalue weighted by atomic mass is 9.88. The fourth-order valence-corrected chi connectivity index (χ4v) is 3.95. The number of rotatable bonds is 4. The van der Waals surface area contributed by atoms with Gasteiger partial charge in [-0.1, -0.05) is 17.7 Å². The van der Waals surface area contributed by atoms with Crippen molar-refractivity contribution in [3.63, 3.8) is 0 Å². The smallest absolute Gasteiger partial charge is 0.287 e. The molecule has 0 aromatic heterocycles. The summed E-state index contributed by atoms with van der Waals surface area (Å²) in [6.45, 7) is 4.18. The molecule has 2 heterocycles. The van der Waals surface area contributed by atoms with Crippen molar-refractivity contribution in [3.05, 3.63) is 38.9 Å². The second-order valence-corrected chi connectivity index (χ2v) is 6.77. The van der Waals surface area contributed by atoms with E-state index >= 15 is 0 Å². The van der Waals surface area contributed by atoms with E-state index < -0.39 is 4.92 Å². The number of nitrogens with one attached hydrogen (secondary N) is 1. The zero-order valence-corrected chi connectivity index (χ0v) is 14.6. The maximum Gasteiger partial charge on any atom is 0.287 e. The first-order chi connectivity index (χ1) is 10.6. The van der Waals surface area contributed by atoms with Crippen LogP contribution >= 0.6 is 24.0 Å². The van der Waals surface area contributed by atoms with E-state index in [1.807, 2.05) is 6.07 Å². The molecule has 2 saturated heterocycles.